The largest absolute Gasteiger partial charge is 0.326 e. The molecule has 6 heteroatoms. The lowest BCUT2D eigenvalue weighted by Crippen LogP contribution is -2.30. The first-order valence-electron chi connectivity index (χ1n) is 10.3. The van der Waals surface area contributed by atoms with E-state index < -0.39 is 0 Å². The maximum atomic E-state index is 12.4. The summed E-state index contributed by atoms with van der Waals surface area (Å²) in [5.41, 5.74) is 9.25. The second-order valence-corrected chi connectivity index (χ2v) is 7.93. The van der Waals surface area contributed by atoms with Crippen LogP contribution in [0.25, 0.3) is 0 Å². The van der Waals surface area contributed by atoms with Gasteiger partial charge in [0.1, 0.15) is 0 Å². The van der Waals surface area contributed by atoms with Gasteiger partial charge in [-0.25, -0.2) is 0 Å². The highest BCUT2D eigenvalue weighted by Gasteiger charge is 2.31. The van der Waals surface area contributed by atoms with Crippen molar-refractivity contribution in [3.05, 3.63) is 60.2 Å². The molecule has 0 spiro atoms. The smallest absolute Gasteiger partial charge is 0.227 e. The Hall–Kier alpha value is -2.70. The molecule has 152 valence electrons. The highest BCUT2D eigenvalue weighted by atomic mass is 16.2. The lowest BCUT2D eigenvalue weighted by Gasteiger charge is -2.17. The van der Waals surface area contributed by atoms with Crippen LogP contribution in [0.4, 0.5) is 11.4 Å². The van der Waals surface area contributed by atoms with E-state index in [-0.39, 0.29) is 17.9 Å². The van der Waals surface area contributed by atoms with Crippen molar-refractivity contribution in [3.8, 4) is 0 Å². The van der Waals surface area contributed by atoms with Gasteiger partial charge >= 0.3 is 0 Å². The van der Waals surface area contributed by atoms with Gasteiger partial charge in [0.25, 0.3) is 0 Å². The summed E-state index contributed by atoms with van der Waals surface area (Å²) >= 11 is 0. The topological polar surface area (TPSA) is 78.7 Å². The Morgan fingerprint density at radius 1 is 1.07 bits per heavy atom. The highest BCUT2D eigenvalue weighted by molar-refractivity contribution is 5.96. The second kappa shape index (κ2) is 8.76. The van der Waals surface area contributed by atoms with E-state index in [1.54, 1.807) is 4.90 Å². The molecule has 2 saturated heterocycles. The number of hydrogen-bond donors (Lipinski definition) is 2. The highest BCUT2D eigenvalue weighted by Crippen LogP contribution is 2.26. The Labute approximate surface area is 171 Å². The third kappa shape index (κ3) is 4.66. The number of benzene rings is 2. The number of nitrogens with two attached hydrogens (primary N) is 1. The van der Waals surface area contributed by atoms with E-state index >= 15 is 0 Å². The van der Waals surface area contributed by atoms with E-state index in [9.17, 15) is 9.59 Å². The molecule has 2 aliphatic heterocycles. The van der Waals surface area contributed by atoms with Crippen LogP contribution in [-0.2, 0) is 9.59 Å². The Kier molecular flexibility index (Phi) is 5.92. The van der Waals surface area contributed by atoms with Crippen molar-refractivity contribution in [1.29, 1.82) is 0 Å². The minimum atomic E-state index is -0.00766. The van der Waals surface area contributed by atoms with E-state index in [4.69, 9.17) is 5.73 Å². The molecule has 0 aromatic heterocycles. The quantitative estimate of drug-likeness (QED) is 0.792. The molecule has 2 atom stereocenters. The molecule has 2 amide bonds. The zero-order valence-electron chi connectivity index (χ0n) is 16.6. The van der Waals surface area contributed by atoms with Gasteiger partial charge < -0.3 is 20.9 Å². The summed E-state index contributed by atoms with van der Waals surface area (Å²) in [4.78, 5) is 28.3. The van der Waals surface area contributed by atoms with Crippen molar-refractivity contribution >= 4 is 23.2 Å². The molecular weight excluding hydrogens is 364 g/mol. The summed E-state index contributed by atoms with van der Waals surface area (Å²) in [6.45, 7) is 3.16. The Morgan fingerprint density at radius 3 is 2.52 bits per heavy atom. The second-order valence-electron chi connectivity index (χ2n) is 7.93. The molecule has 4 rings (SSSR count). The van der Waals surface area contributed by atoms with Crippen molar-refractivity contribution in [1.82, 2.24) is 4.90 Å². The summed E-state index contributed by atoms with van der Waals surface area (Å²) in [5.74, 6) is 0.478. The van der Waals surface area contributed by atoms with Crippen LogP contribution in [0.15, 0.2) is 54.6 Å². The molecule has 29 heavy (non-hydrogen) atoms. The molecule has 3 N–H and O–H groups in total. The van der Waals surface area contributed by atoms with Crippen molar-refractivity contribution in [2.75, 3.05) is 36.4 Å². The number of amides is 2. The van der Waals surface area contributed by atoms with Crippen molar-refractivity contribution in [2.24, 2.45) is 5.73 Å². The van der Waals surface area contributed by atoms with Gasteiger partial charge in [0.2, 0.25) is 11.8 Å². The van der Waals surface area contributed by atoms with Gasteiger partial charge in [-0.2, -0.15) is 0 Å². The number of rotatable bonds is 6. The molecule has 2 fully saturated rings. The monoisotopic (exact) mass is 392 g/mol. The normalized spacial score (nSPS) is 22.2. The number of nitrogens with one attached hydrogen (secondary N) is 1. The average Bonchev–Trinajstić information content (AvgIpc) is 3.33. The fourth-order valence-corrected chi connectivity index (χ4v) is 4.28. The zero-order valence-corrected chi connectivity index (χ0v) is 16.6. The fraction of sp³-hybridized carbons (Fsp3) is 0.391. The first kappa shape index (κ1) is 19.6. The molecule has 2 aromatic carbocycles. The first-order chi connectivity index (χ1) is 14.1. The van der Waals surface area contributed by atoms with E-state index in [0.29, 0.717) is 25.3 Å². The van der Waals surface area contributed by atoms with Crippen LogP contribution in [0.3, 0.4) is 0 Å². The van der Waals surface area contributed by atoms with Crippen LogP contribution < -0.4 is 16.0 Å². The molecule has 0 saturated carbocycles. The van der Waals surface area contributed by atoms with Crippen LogP contribution in [-0.4, -0.2) is 48.9 Å². The van der Waals surface area contributed by atoms with E-state index in [1.807, 2.05) is 42.5 Å². The van der Waals surface area contributed by atoms with Gasteiger partial charge in [0.15, 0.2) is 0 Å². The first-order valence-corrected chi connectivity index (χ1v) is 10.3. The van der Waals surface area contributed by atoms with Crippen molar-refractivity contribution < 1.29 is 9.59 Å². The summed E-state index contributed by atoms with van der Waals surface area (Å²) in [7, 11) is 0. The van der Waals surface area contributed by atoms with Gasteiger partial charge in [-0.3, -0.25) is 9.59 Å². The molecular formula is C23H28N4O2. The lowest BCUT2D eigenvalue weighted by atomic mass is 9.95. The third-order valence-electron chi connectivity index (χ3n) is 5.86. The predicted molar refractivity (Wildman–Crippen MR) is 115 cm³/mol. The molecule has 2 aliphatic rings. The standard InChI is InChI=1S/C23H28N4O2/c24-21-16-26(15-20(21)17-5-2-1-3-6-17)14-12-22(28)25-18-8-10-19(11-9-18)27-13-4-7-23(27)29/h1-3,5-6,8-11,20-21H,4,7,12-16,24H2,(H,25,28)/t20-,21+/m0/s1. The molecule has 2 aromatic rings. The van der Waals surface area contributed by atoms with Gasteiger partial charge in [0, 0.05) is 62.4 Å². The number of carbonyl (C=O) groups excluding carboxylic acids is 2. The van der Waals surface area contributed by atoms with Gasteiger partial charge in [-0.1, -0.05) is 30.3 Å². The van der Waals surface area contributed by atoms with E-state index in [2.05, 4.69) is 22.3 Å². The summed E-state index contributed by atoms with van der Waals surface area (Å²) in [5, 5.41) is 2.95. The van der Waals surface area contributed by atoms with Crippen LogP contribution in [0.5, 0.6) is 0 Å². The predicted octanol–water partition coefficient (Wildman–Crippen LogP) is 2.57. The fourth-order valence-electron chi connectivity index (χ4n) is 4.28. The zero-order chi connectivity index (χ0) is 20.2. The molecule has 6 nitrogen and oxygen atoms in total. The molecule has 0 bridgehead atoms. The number of likely N-dealkylation sites (tertiary alicyclic amines) is 1. The maximum Gasteiger partial charge on any atom is 0.227 e. The number of hydrogen-bond acceptors (Lipinski definition) is 4. The number of nitrogens with zero attached hydrogens (tertiary/aromatic N) is 2. The summed E-state index contributed by atoms with van der Waals surface area (Å²) in [6.07, 6.45) is 1.95. The third-order valence-corrected chi connectivity index (χ3v) is 5.86. The summed E-state index contributed by atoms with van der Waals surface area (Å²) in [6, 6.07) is 18.0. The van der Waals surface area contributed by atoms with E-state index in [0.717, 1.165) is 37.4 Å². The SMILES string of the molecule is N[C@@H]1CN(CCC(=O)Nc2ccc(N3CCCC3=O)cc2)C[C@H]1c1ccccc1. The Bertz CT molecular complexity index is 853. The van der Waals surface area contributed by atoms with Crippen molar-refractivity contribution in [2.45, 2.75) is 31.2 Å². The molecule has 2 heterocycles. The van der Waals surface area contributed by atoms with Gasteiger partial charge in [0.05, 0.1) is 0 Å². The number of carbonyl (C=O) groups is 2. The summed E-state index contributed by atoms with van der Waals surface area (Å²) < 4.78 is 0. The Morgan fingerprint density at radius 2 is 1.83 bits per heavy atom. The minimum Gasteiger partial charge on any atom is -0.326 e. The minimum absolute atomic E-state index is 0.00766. The van der Waals surface area contributed by atoms with E-state index in [1.165, 1.54) is 5.56 Å². The van der Waals surface area contributed by atoms with Crippen LogP contribution in [0, 0.1) is 0 Å². The van der Waals surface area contributed by atoms with Crippen LogP contribution in [0.2, 0.25) is 0 Å². The van der Waals surface area contributed by atoms with Crippen LogP contribution >= 0.6 is 0 Å². The van der Waals surface area contributed by atoms with Gasteiger partial charge in [-0.15, -0.1) is 0 Å². The molecule has 0 unspecified atom stereocenters. The maximum absolute atomic E-state index is 12.4. The average molecular weight is 393 g/mol. The van der Waals surface area contributed by atoms with Gasteiger partial charge in [-0.05, 0) is 36.2 Å². The lowest BCUT2D eigenvalue weighted by molar-refractivity contribution is -0.117. The Balaban J connectivity index is 1.25. The van der Waals surface area contributed by atoms with Crippen LogP contribution in [0.1, 0.15) is 30.7 Å². The molecule has 0 aliphatic carbocycles. The number of anilines is 2. The molecule has 0 radical (unpaired) electrons. The van der Waals surface area contributed by atoms with Crippen molar-refractivity contribution in [3.63, 3.8) is 0 Å².